The predicted molar refractivity (Wildman–Crippen MR) is 103 cm³/mol. The molecule has 27 heavy (non-hydrogen) atoms. The number of imide groups is 1. The Bertz CT molecular complexity index is 836. The molecule has 5 heteroatoms. The van der Waals surface area contributed by atoms with Crippen LogP contribution >= 0.6 is 0 Å². The van der Waals surface area contributed by atoms with Gasteiger partial charge in [-0.25, -0.2) is 0 Å². The van der Waals surface area contributed by atoms with Crippen LogP contribution in [0.2, 0.25) is 0 Å². The molecule has 0 saturated carbocycles. The molecule has 1 aliphatic heterocycles. The summed E-state index contributed by atoms with van der Waals surface area (Å²) in [4.78, 5) is 38.1. The molecular formula is C22H24N2O3. The lowest BCUT2D eigenvalue weighted by Gasteiger charge is -2.18. The zero-order chi connectivity index (χ0) is 19.6. The Morgan fingerprint density at radius 1 is 0.926 bits per heavy atom. The summed E-state index contributed by atoms with van der Waals surface area (Å²) in [5.41, 5.74) is 2.95. The molecule has 0 fully saturated rings. The first-order valence-electron chi connectivity index (χ1n) is 9.20. The van der Waals surface area contributed by atoms with Crippen LogP contribution in [0.3, 0.4) is 0 Å². The molecule has 0 bridgehead atoms. The number of nitrogens with zero attached hydrogens (tertiary/aromatic N) is 1. The van der Waals surface area contributed by atoms with Crippen molar-refractivity contribution in [1.82, 2.24) is 10.2 Å². The van der Waals surface area contributed by atoms with Gasteiger partial charge in [0.15, 0.2) is 0 Å². The highest BCUT2D eigenvalue weighted by Gasteiger charge is 2.36. The summed E-state index contributed by atoms with van der Waals surface area (Å²) in [5.74, 6) is -0.608. The maximum absolute atomic E-state index is 12.4. The van der Waals surface area contributed by atoms with Crippen LogP contribution in [0.15, 0.2) is 48.5 Å². The van der Waals surface area contributed by atoms with E-state index in [2.05, 4.69) is 31.3 Å². The molecule has 1 heterocycles. The Kier molecular flexibility index (Phi) is 5.40. The van der Waals surface area contributed by atoms with Gasteiger partial charge in [0.1, 0.15) is 6.54 Å². The number of hydrogen-bond donors (Lipinski definition) is 1. The lowest BCUT2D eigenvalue weighted by molar-refractivity contribution is -0.122. The number of carbonyl (C=O) groups is 3. The van der Waals surface area contributed by atoms with Crippen LogP contribution < -0.4 is 5.32 Å². The minimum atomic E-state index is -0.420. The summed E-state index contributed by atoms with van der Waals surface area (Å²) in [7, 11) is 0. The van der Waals surface area contributed by atoms with Crippen LogP contribution in [0.5, 0.6) is 0 Å². The van der Waals surface area contributed by atoms with E-state index < -0.39 is 11.8 Å². The Balaban J connectivity index is 1.61. The molecule has 2 aromatic carbocycles. The summed E-state index contributed by atoms with van der Waals surface area (Å²) >= 11 is 0. The van der Waals surface area contributed by atoms with E-state index in [1.807, 2.05) is 19.1 Å². The van der Waals surface area contributed by atoms with E-state index in [0.29, 0.717) is 17.0 Å². The van der Waals surface area contributed by atoms with E-state index in [9.17, 15) is 14.4 Å². The summed E-state index contributed by atoms with van der Waals surface area (Å²) in [5, 5.41) is 2.87. The lowest BCUT2D eigenvalue weighted by Crippen LogP contribution is -2.41. The highest BCUT2D eigenvalue weighted by Crippen LogP contribution is 2.22. The van der Waals surface area contributed by atoms with E-state index in [0.717, 1.165) is 16.9 Å². The van der Waals surface area contributed by atoms with E-state index in [-0.39, 0.29) is 18.5 Å². The van der Waals surface area contributed by atoms with Gasteiger partial charge in [0, 0.05) is 0 Å². The van der Waals surface area contributed by atoms with Gasteiger partial charge in [0.25, 0.3) is 11.8 Å². The van der Waals surface area contributed by atoms with E-state index >= 15 is 0 Å². The first-order valence-corrected chi connectivity index (χ1v) is 9.20. The van der Waals surface area contributed by atoms with Gasteiger partial charge >= 0.3 is 0 Å². The van der Waals surface area contributed by atoms with Crippen LogP contribution in [0, 0.1) is 5.92 Å². The molecule has 1 atom stereocenters. The average molecular weight is 364 g/mol. The first kappa shape index (κ1) is 18.8. The van der Waals surface area contributed by atoms with Crippen molar-refractivity contribution in [3.05, 3.63) is 70.8 Å². The Morgan fingerprint density at radius 3 is 2.00 bits per heavy atom. The van der Waals surface area contributed by atoms with Gasteiger partial charge in [-0.2, -0.15) is 0 Å². The molecule has 2 aromatic rings. The van der Waals surface area contributed by atoms with Crippen molar-refractivity contribution in [1.29, 1.82) is 0 Å². The van der Waals surface area contributed by atoms with Crippen molar-refractivity contribution in [3.8, 4) is 0 Å². The molecule has 0 spiro atoms. The van der Waals surface area contributed by atoms with E-state index in [1.54, 1.807) is 24.3 Å². The monoisotopic (exact) mass is 364 g/mol. The molecule has 1 N–H and O–H groups in total. The molecule has 0 radical (unpaired) electrons. The minimum absolute atomic E-state index is 0.208. The third-order valence-electron chi connectivity index (χ3n) is 4.68. The number of benzene rings is 2. The van der Waals surface area contributed by atoms with Crippen LogP contribution in [-0.4, -0.2) is 29.2 Å². The number of hydrogen-bond acceptors (Lipinski definition) is 3. The molecule has 0 saturated heterocycles. The predicted octanol–water partition coefficient (Wildman–Crippen LogP) is 3.36. The molecule has 0 aromatic heterocycles. The first-order chi connectivity index (χ1) is 12.9. The second-order valence-electron chi connectivity index (χ2n) is 7.37. The zero-order valence-electron chi connectivity index (χ0n) is 15.9. The SMILES string of the molecule is CC(C)Cc1ccc([C@@H](C)NC(=O)CN2C(=O)c3ccccc3C2=O)cc1. The van der Waals surface area contributed by atoms with Gasteiger partial charge in [0.05, 0.1) is 17.2 Å². The minimum Gasteiger partial charge on any atom is -0.348 e. The topological polar surface area (TPSA) is 66.5 Å². The lowest BCUT2D eigenvalue weighted by atomic mass is 10.00. The average Bonchev–Trinajstić information content (AvgIpc) is 2.87. The summed E-state index contributed by atoms with van der Waals surface area (Å²) in [6, 6.07) is 14.6. The normalized spacial score (nSPS) is 14.4. The fourth-order valence-electron chi connectivity index (χ4n) is 3.31. The Morgan fingerprint density at radius 2 is 1.48 bits per heavy atom. The highest BCUT2D eigenvalue weighted by atomic mass is 16.2. The van der Waals surface area contributed by atoms with Crippen LogP contribution in [-0.2, 0) is 11.2 Å². The van der Waals surface area contributed by atoms with E-state index in [1.165, 1.54) is 5.56 Å². The third-order valence-corrected chi connectivity index (χ3v) is 4.68. The molecular weight excluding hydrogens is 340 g/mol. The van der Waals surface area contributed by atoms with Gasteiger partial charge in [-0.05, 0) is 42.5 Å². The second-order valence-corrected chi connectivity index (χ2v) is 7.37. The molecule has 3 amide bonds. The van der Waals surface area contributed by atoms with Crippen molar-refractivity contribution in [2.75, 3.05) is 6.54 Å². The van der Waals surface area contributed by atoms with Crippen LogP contribution in [0.25, 0.3) is 0 Å². The van der Waals surface area contributed by atoms with Gasteiger partial charge < -0.3 is 5.32 Å². The molecule has 5 nitrogen and oxygen atoms in total. The molecule has 1 aliphatic rings. The standard InChI is InChI=1S/C22H24N2O3/c1-14(2)12-16-8-10-17(11-9-16)15(3)23-20(25)13-24-21(26)18-6-4-5-7-19(18)22(24)27/h4-11,14-15H,12-13H2,1-3H3,(H,23,25)/t15-/m1/s1. The number of carbonyl (C=O) groups excluding carboxylic acids is 3. The summed E-state index contributed by atoms with van der Waals surface area (Å²) in [6.07, 6.45) is 1.01. The van der Waals surface area contributed by atoms with Crippen molar-refractivity contribution in [2.45, 2.75) is 33.2 Å². The number of fused-ring (bicyclic) bond motifs is 1. The second kappa shape index (κ2) is 7.74. The summed E-state index contributed by atoms with van der Waals surface area (Å²) in [6.45, 7) is 5.96. The third kappa shape index (κ3) is 4.08. The molecule has 0 unspecified atom stereocenters. The molecule has 0 aliphatic carbocycles. The van der Waals surface area contributed by atoms with Gasteiger partial charge in [-0.1, -0.05) is 50.2 Å². The fraction of sp³-hybridized carbons (Fsp3) is 0.318. The van der Waals surface area contributed by atoms with Gasteiger partial charge in [-0.3, -0.25) is 19.3 Å². The van der Waals surface area contributed by atoms with Crippen molar-refractivity contribution >= 4 is 17.7 Å². The smallest absolute Gasteiger partial charge is 0.262 e. The fourth-order valence-corrected chi connectivity index (χ4v) is 3.31. The van der Waals surface area contributed by atoms with Crippen LogP contribution in [0.1, 0.15) is 58.7 Å². The Hall–Kier alpha value is -2.95. The number of rotatable bonds is 6. The molecule has 140 valence electrons. The van der Waals surface area contributed by atoms with Crippen molar-refractivity contribution in [3.63, 3.8) is 0 Å². The molecule has 3 rings (SSSR count). The highest BCUT2D eigenvalue weighted by molar-refractivity contribution is 6.22. The van der Waals surface area contributed by atoms with Gasteiger partial charge in [-0.15, -0.1) is 0 Å². The quantitative estimate of drug-likeness (QED) is 0.799. The largest absolute Gasteiger partial charge is 0.348 e. The maximum Gasteiger partial charge on any atom is 0.262 e. The number of amides is 3. The van der Waals surface area contributed by atoms with E-state index in [4.69, 9.17) is 0 Å². The zero-order valence-corrected chi connectivity index (χ0v) is 15.9. The van der Waals surface area contributed by atoms with Crippen LogP contribution in [0.4, 0.5) is 0 Å². The van der Waals surface area contributed by atoms with Crippen molar-refractivity contribution in [2.24, 2.45) is 5.92 Å². The van der Waals surface area contributed by atoms with Crippen molar-refractivity contribution < 1.29 is 14.4 Å². The van der Waals surface area contributed by atoms with Gasteiger partial charge in [0.2, 0.25) is 5.91 Å². The number of nitrogens with one attached hydrogen (secondary N) is 1. The maximum atomic E-state index is 12.4. The summed E-state index contributed by atoms with van der Waals surface area (Å²) < 4.78 is 0. The Labute approximate surface area is 159 Å².